The molecule has 0 bridgehead atoms. The number of nitrogens with zero attached hydrogens (tertiary/aromatic N) is 4. The second-order valence-electron chi connectivity index (χ2n) is 9.24. The molecule has 0 saturated carbocycles. The van der Waals surface area contributed by atoms with Crippen LogP contribution in [0.2, 0.25) is 0 Å². The van der Waals surface area contributed by atoms with Gasteiger partial charge in [0.15, 0.2) is 0 Å². The first kappa shape index (κ1) is 24.0. The topological polar surface area (TPSA) is 39.1 Å². The summed E-state index contributed by atoms with van der Waals surface area (Å²) in [5.74, 6) is 1.14. The Labute approximate surface area is 193 Å². The third-order valence-corrected chi connectivity index (χ3v) is 6.62. The Balaban J connectivity index is 1.52. The maximum absolute atomic E-state index is 12.8. The van der Waals surface area contributed by atoms with Crippen molar-refractivity contribution in [2.45, 2.75) is 46.6 Å². The molecule has 1 amide bonds. The molecule has 0 N–H and O–H groups in total. The molecule has 0 aromatic heterocycles. The van der Waals surface area contributed by atoms with E-state index in [0.717, 1.165) is 80.2 Å². The van der Waals surface area contributed by atoms with Gasteiger partial charge < -0.3 is 9.80 Å². The number of likely N-dealkylation sites (tertiary alicyclic amines) is 1. The summed E-state index contributed by atoms with van der Waals surface area (Å²) in [4.78, 5) is 24.5. The van der Waals surface area contributed by atoms with Crippen LogP contribution in [0.1, 0.15) is 49.5 Å². The van der Waals surface area contributed by atoms with Gasteiger partial charge in [-0.1, -0.05) is 36.4 Å². The fourth-order valence-corrected chi connectivity index (χ4v) is 4.34. The van der Waals surface area contributed by atoms with E-state index < -0.39 is 0 Å². The molecule has 32 heavy (non-hydrogen) atoms. The van der Waals surface area contributed by atoms with Crippen molar-refractivity contribution in [3.05, 3.63) is 71.5 Å². The molecule has 0 aliphatic carbocycles. The number of amides is 1. The summed E-state index contributed by atoms with van der Waals surface area (Å²) in [5.41, 5.74) is 5.10. The molecule has 1 aromatic rings. The van der Waals surface area contributed by atoms with E-state index >= 15 is 0 Å². The molecule has 5 heteroatoms. The van der Waals surface area contributed by atoms with Crippen LogP contribution in [0.15, 0.2) is 65.3 Å². The summed E-state index contributed by atoms with van der Waals surface area (Å²) in [6, 6.07) is 8.46. The van der Waals surface area contributed by atoms with Crippen LogP contribution >= 0.6 is 0 Å². The quantitative estimate of drug-likeness (QED) is 0.384. The molecular formula is C27H38N4O. The first-order chi connectivity index (χ1) is 15.3. The Hall–Kier alpha value is -2.66. The van der Waals surface area contributed by atoms with Crippen molar-refractivity contribution in [1.82, 2.24) is 14.7 Å². The number of carbonyl (C=O) groups excluding carboxylic acids is 1. The summed E-state index contributed by atoms with van der Waals surface area (Å²) < 4.78 is 0. The smallest absolute Gasteiger partial charge is 0.253 e. The molecule has 2 saturated heterocycles. The lowest BCUT2D eigenvalue weighted by atomic mass is 10.0. The number of aryl methyl sites for hydroxylation is 1. The third kappa shape index (κ3) is 5.98. The second-order valence-corrected chi connectivity index (χ2v) is 9.24. The van der Waals surface area contributed by atoms with Crippen molar-refractivity contribution in [1.29, 1.82) is 0 Å². The van der Waals surface area contributed by atoms with Crippen LogP contribution in [0, 0.1) is 6.92 Å². The van der Waals surface area contributed by atoms with Crippen LogP contribution in [0.5, 0.6) is 0 Å². The van der Waals surface area contributed by atoms with Gasteiger partial charge in [-0.2, -0.15) is 0 Å². The lowest BCUT2D eigenvalue weighted by molar-refractivity contribution is 0.0555. The predicted octanol–water partition coefficient (Wildman–Crippen LogP) is 4.67. The first-order valence-electron chi connectivity index (χ1n) is 11.7. The van der Waals surface area contributed by atoms with Crippen LogP contribution in [0.3, 0.4) is 0 Å². The molecule has 2 aliphatic rings. The van der Waals surface area contributed by atoms with Crippen molar-refractivity contribution in [2.75, 3.05) is 39.3 Å². The first-order valence-corrected chi connectivity index (χ1v) is 11.7. The van der Waals surface area contributed by atoms with E-state index in [0.29, 0.717) is 6.04 Å². The number of piperazine rings is 1. The minimum absolute atomic E-state index is 0.161. The highest BCUT2D eigenvalue weighted by Crippen LogP contribution is 2.21. The lowest BCUT2D eigenvalue weighted by Gasteiger charge is -2.43. The summed E-state index contributed by atoms with van der Waals surface area (Å²) in [6.07, 6.45) is 3.98. The number of carbonyl (C=O) groups is 1. The molecule has 2 fully saturated rings. The van der Waals surface area contributed by atoms with Crippen molar-refractivity contribution in [2.24, 2.45) is 4.99 Å². The molecule has 1 aromatic carbocycles. The van der Waals surface area contributed by atoms with Crippen LogP contribution in [0.25, 0.3) is 0 Å². The predicted molar refractivity (Wildman–Crippen MR) is 134 cm³/mol. The zero-order valence-electron chi connectivity index (χ0n) is 20.2. The fourth-order valence-electron chi connectivity index (χ4n) is 4.34. The number of amidine groups is 1. The number of benzene rings is 1. The van der Waals surface area contributed by atoms with E-state index in [1.54, 1.807) is 0 Å². The minimum Gasteiger partial charge on any atom is -0.354 e. The van der Waals surface area contributed by atoms with Gasteiger partial charge in [-0.15, -0.1) is 0 Å². The highest BCUT2D eigenvalue weighted by molar-refractivity contribution is 5.97. The van der Waals surface area contributed by atoms with Crippen LogP contribution in [0.4, 0.5) is 0 Å². The van der Waals surface area contributed by atoms with Gasteiger partial charge in [0.05, 0.1) is 0 Å². The molecule has 5 nitrogen and oxygen atoms in total. The number of allylic oxidation sites excluding steroid dienone is 2. The largest absolute Gasteiger partial charge is 0.354 e. The number of hydrogen-bond donors (Lipinski definition) is 0. The summed E-state index contributed by atoms with van der Waals surface area (Å²) in [5, 5.41) is 0. The molecule has 2 heterocycles. The molecule has 0 unspecified atom stereocenters. The summed E-state index contributed by atoms with van der Waals surface area (Å²) in [6.45, 7) is 21.8. The number of aliphatic imine (C=N–C) groups is 1. The fraction of sp³-hybridized carbons (Fsp3) is 0.481. The minimum atomic E-state index is 0.161. The van der Waals surface area contributed by atoms with Crippen molar-refractivity contribution >= 4 is 11.7 Å². The zero-order chi connectivity index (χ0) is 23.3. The van der Waals surface area contributed by atoms with E-state index in [-0.39, 0.29) is 5.91 Å². The highest BCUT2D eigenvalue weighted by atomic mass is 16.2. The van der Waals surface area contributed by atoms with Gasteiger partial charge in [0.1, 0.15) is 5.84 Å². The van der Waals surface area contributed by atoms with E-state index in [4.69, 9.17) is 4.99 Å². The monoisotopic (exact) mass is 434 g/mol. The molecule has 0 spiro atoms. The normalized spacial score (nSPS) is 19.2. The highest BCUT2D eigenvalue weighted by Gasteiger charge is 2.30. The van der Waals surface area contributed by atoms with E-state index in [1.807, 2.05) is 63.1 Å². The Morgan fingerprint density at radius 3 is 2.03 bits per heavy atom. The Bertz CT molecular complexity index is 896. The maximum atomic E-state index is 12.8. The van der Waals surface area contributed by atoms with Crippen LogP contribution in [-0.4, -0.2) is 71.8 Å². The van der Waals surface area contributed by atoms with Crippen molar-refractivity contribution < 1.29 is 4.79 Å². The third-order valence-electron chi connectivity index (χ3n) is 6.62. The van der Waals surface area contributed by atoms with Gasteiger partial charge in [-0.25, -0.2) is 4.99 Å². The standard InChI is InChI=1S/C27H38N4O/c1-20(2)23(6)19-28-26(21(3)4)30-17-15-29(16-18-30)25-11-13-31(14-12-25)27(32)24-9-7-22(5)8-10-24/h7-10,19,25H,1,3,11-18H2,2,4-6H3/b23-19+,28-26?. The van der Waals surface area contributed by atoms with Gasteiger partial charge in [0.2, 0.25) is 0 Å². The molecule has 2 aliphatic heterocycles. The van der Waals surface area contributed by atoms with E-state index in [2.05, 4.69) is 23.0 Å². The van der Waals surface area contributed by atoms with Crippen LogP contribution in [-0.2, 0) is 0 Å². The molecule has 3 rings (SSSR count). The number of piperidine rings is 1. The summed E-state index contributed by atoms with van der Waals surface area (Å²) >= 11 is 0. The lowest BCUT2D eigenvalue weighted by Crippen LogP contribution is -2.54. The van der Waals surface area contributed by atoms with Gasteiger partial charge in [0.25, 0.3) is 5.91 Å². The Kier molecular flexibility index (Phi) is 8.08. The molecular weight excluding hydrogens is 396 g/mol. The molecule has 0 radical (unpaired) electrons. The van der Waals surface area contributed by atoms with Crippen molar-refractivity contribution in [3.8, 4) is 0 Å². The van der Waals surface area contributed by atoms with E-state index in [1.165, 1.54) is 5.56 Å². The summed E-state index contributed by atoms with van der Waals surface area (Å²) in [7, 11) is 0. The number of hydrogen-bond acceptors (Lipinski definition) is 3. The average Bonchev–Trinajstić information content (AvgIpc) is 2.79. The Morgan fingerprint density at radius 1 is 0.906 bits per heavy atom. The average molecular weight is 435 g/mol. The van der Waals surface area contributed by atoms with Gasteiger partial charge in [-0.05, 0) is 63.8 Å². The second kappa shape index (κ2) is 10.8. The molecule has 172 valence electrons. The van der Waals surface area contributed by atoms with Gasteiger partial charge in [0, 0.05) is 57.1 Å². The Morgan fingerprint density at radius 2 is 1.50 bits per heavy atom. The van der Waals surface area contributed by atoms with Gasteiger partial charge in [-0.3, -0.25) is 9.69 Å². The van der Waals surface area contributed by atoms with Crippen LogP contribution < -0.4 is 0 Å². The SMILES string of the molecule is C=C(C)C(=N/C=C(\C)C(=C)C)N1CCN(C2CCN(C(=O)c3ccc(C)cc3)CC2)CC1. The van der Waals surface area contributed by atoms with Gasteiger partial charge >= 0.3 is 0 Å². The maximum Gasteiger partial charge on any atom is 0.253 e. The zero-order valence-corrected chi connectivity index (χ0v) is 20.2. The van der Waals surface area contributed by atoms with E-state index in [9.17, 15) is 4.79 Å². The number of rotatable bonds is 5. The van der Waals surface area contributed by atoms with Crippen molar-refractivity contribution in [3.63, 3.8) is 0 Å². The molecule has 0 atom stereocenters.